The normalized spacial score (nSPS) is 10.9. The second-order valence-electron chi connectivity index (χ2n) is 5.05. The molecule has 0 aliphatic heterocycles. The van der Waals surface area contributed by atoms with Gasteiger partial charge in [-0.1, -0.05) is 32.9 Å². The summed E-state index contributed by atoms with van der Waals surface area (Å²) in [6, 6.07) is 0. The van der Waals surface area contributed by atoms with E-state index in [2.05, 4.69) is 35.0 Å². The van der Waals surface area contributed by atoms with E-state index >= 15 is 0 Å². The van der Waals surface area contributed by atoms with Crippen LogP contribution in [0.1, 0.15) is 52.1 Å². The minimum Gasteiger partial charge on any atom is -0.273 e. The number of carbonyl (C=O) groups excluding carboxylic acids is 2. The smallest absolute Gasteiger partial charge is 0.260 e. The Labute approximate surface area is 119 Å². The zero-order chi connectivity index (χ0) is 15.1. The fourth-order valence-corrected chi connectivity index (χ4v) is 1.75. The van der Waals surface area contributed by atoms with E-state index in [-0.39, 0.29) is 24.3 Å². The first-order valence-electron chi connectivity index (χ1n) is 6.96. The SMILES string of the molecule is CCC(CC)c1cn(CC(=O)NNC(=O)C(C)C)nn1. The molecule has 1 aromatic heterocycles. The fraction of sp³-hybridized carbons (Fsp3) is 0.692. The molecule has 1 heterocycles. The Balaban J connectivity index is 2.48. The van der Waals surface area contributed by atoms with Crippen LogP contribution in [0.5, 0.6) is 0 Å². The second-order valence-corrected chi connectivity index (χ2v) is 5.05. The van der Waals surface area contributed by atoms with Gasteiger partial charge in [-0.25, -0.2) is 4.68 Å². The second kappa shape index (κ2) is 7.62. The van der Waals surface area contributed by atoms with Gasteiger partial charge in [0.2, 0.25) is 5.91 Å². The van der Waals surface area contributed by atoms with Crippen molar-refractivity contribution in [2.24, 2.45) is 5.92 Å². The molecule has 0 saturated carbocycles. The van der Waals surface area contributed by atoms with E-state index in [1.165, 1.54) is 4.68 Å². The van der Waals surface area contributed by atoms with E-state index in [1.807, 2.05) is 0 Å². The number of nitrogens with one attached hydrogen (secondary N) is 2. The van der Waals surface area contributed by atoms with Gasteiger partial charge < -0.3 is 0 Å². The van der Waals surface area contributed by atoms with Crippen LogP contribution in [0.3, 0.4) is 0 Å². The molecule has 0 bridgehead atoms. The lowest BCUT2D eigenvalue weighted by molar-refractivity contribution is -0.130. The summed E-state index contributed by atoms with van der Waals surface area (Å²) in [4.78, 5) is 23.0. The molecule has 2 N–H and O–H groups in total. The fourth-order valence-electron chi connectivity index (χ4n) is 1.75. The number of nitrogens with zero attached hydrogens (tertiary/aromatic N) is 3. The van der Waals surface area contributed by atoms with E-state index in [9.17, 15) is 9.59 Å². The predicted octanol–water partition coefficient (Wildman–Crippen LogP) is 0.985. The number of rotatable bonds is 6. The molecule has 7 nitrogen and oxygen atoms in total. The highest BCUT2D eigenvalue weighted by molar-refractivity contribution is 5.82. The summed E-state index contributed by atoms with van der Waals surface area (Å²) in [5.41, 5.74) is 5.60. The highest BCUT2D eigenvalue weighted by atomic mass is 16.2. The number of hydrogen-bond donors (Lipinski definition) is 2. The third kappa shape index (κ3) is 4.64. The van der Waals surface area contributed by atoms with Gasteiger partial charge in [0.1, 0.15) is 6.54 Å². The van der Waals surface area contributed by atoms with E-state index in [0.29, 0.717) is 5.92 Å². The minimum absolute atomic E-state index is 0.0333. The molecular formula is C13H23N5O2. The van der Waals surface area contributed by atoms with Crippen LogP contribution in [0, 0.1) is 5.92 Å². The van der Waals surface area contributed by atoms with Crippen molar-refractivity contribution in [2.75, 3.05) is 0 Å². The van der Waals surface area contributed by atoms with Crippen LogP contribution in [0.2, 0.25) is 0 Å². The van der Waals surface area contributed by atoms with E-state index in [0.717, 1.165) is 18.5 Å². The highest BCUT2D eigenvalue weighted by Gasteiger charge is 2.13. The molecular weight excluding hydrogens is 258 g/mol. The van der Waals surface area contributed by atoms with Gasteiger partial charge in [0, 0.05) is 18.0 Å². The van der Waals surface area contributed by atoms with Gasteiger partial charge in [-0.15, -0.1) is 5.10 Å². The topological polar surface area (TPSA) is 88.9 Å². The van der Waals surface area contributed by atoms with Crippen LogP contribution in [-0.4, -0.2) is 26.8 Å². The maximum absolute atomic E-state index is 11.6. The molecule has 0 fully saturated rings. The average molecular weight is 281 g/mol. The summed E-state index contributed by atoms with van der Waals surface area (Å²) in [6.45, 7) is 7.73. The number of hydrogen-bond acceptors (Lipinski definition) is 4. The van der Waals surface area contributed by atoms with Crippen molar-refractivity contribution in [1.29, 1.82) is 0 Å². The van der Waals surface area contributed by atoms with Crippen LogP contribution >= 0.6 is 0 Å². The van der Waals surface area contributed by atoms with Crippen molar-refractivity contribution >= 4 is 11.8 Å². The molecule has 0 aromatic carbocycles. The summed E-state index contributed by atoms with van der Waals surface area (Å²) in [6.07, 6.45) is 3.76. The lowest BCUT2D eigenvalue weighted by Gasteiger charge is -2.09. The van der Waals surface area contributed by atoms with E-state index in [4.69, 9.17) is 0 Å². The molecule has 1 rings (SSSR count). The van der Waals surface area contributed by atoms with Gasteiger partial charge >= 0.3 is 0 Å². The molecule has 0 saturated heterocycles. The first-order chi connectivity index (χ1) is 9.47. The average Bonchev–Trinajstić information content (AvgIpc) is 2.85. The van der Waals surface area contributed by atoms with Crippen LogP contribution in [0.25, 0.3) is 0 Å². The Kier molecular flexibility index (Phi) is 6.14. The maximum Gasteiger partial charge on any atom is 0.260 e. The number of carbonyl (C=O) groups is 2. The summed E-state index contributed by atoms with van der Waals surface area (Å²) < 4.78 is 1.48. The van der Waals surface area contributed by atoms with Gasteiger partial charge in [-0.3, -0.25) is 20.4 Å². The monoisotopic (exact) mass is 281 g/mol. The summed E-state index contributed by atoms with van der Waals surface area (Å²) >= 11 is 0. The first-order valence-corrected chi connectivity index (χ1v) is 6.96. The van der Waals surface area contributed by atoms with Gasteiger partial charge in [0.15, 0.2) is 0 Å². The van der Waals surface area contributed by atoms with Crippen molar-refractivity contribution < 1.29 is 9.59 Å². The molecule has 7 heteroatoms. The lowest BCUT2D eigenvalue weighted by Crippen LogP contribution is -2.44. The predicted molar refractivity (Wildman–Crippen MR) is 74.5 cm³/mol. The third-order valence-corrected chi connectivity index (χ3v) is 3.12. The van der Waals surface area contributed by atoms with E-state index < -0.39 is 0 Å². The minimum atomic E-state index is -0.333. The van der Waals surface area contributed by atoms with E-state index in [1.54, 1.807) is 20.0 Å². The van der Waals surface area contributed by atoms with Crippen molar-refractivity contribution in [2.45, 2.75) is 53.0 Å². The van der Waals surface area contributed by atoms with Crippen molar-refractivity contribution in [1.82, 2.24) is 25.8 Å². The molecule has 2 amide bonds. The van der Waals surface area contributed by atoms with Crippen LogP contribution in [0.4, 0.5) is 0 Å². The molecule has 20 heavy (non-hydrogen) atoms. The molecule has 0 radical (unpaired) electrons. The molecule has 0 spiro atoms. The third-order valence-electron chi connectivity index (χ3n) is 3.12. The number of amides is 2. The first kappa shape index (κ1) is 16.1. The van der Waals surface area contributed by atoms with Crippen LogP contribution in [-0.2, 0) is 16.1 Å². The molecule has 112 valence electrons. The largest absolute Gasteiger partial charge is 0.273 e. The lowest BCUT2D eigenvalue weighted by atomic mass is 10.0. The standard InChI is InChI=1S/C13H23N5O2/c1-5-10(6-2)11-7-18(17-14-11)8-12(19)15-16-13(20)9(3)4/h7,9-10H,5-6,8H2,1-4H3,(H,15,19)(H,16,20). The Morgan fingerprint density at radius 2 is 1.90 bits per heavy atom. The Morgan fingerprint density at radius 3 is 2.45 bits per heavy atom. The van der Waals surface area contributed by atoms with Crippen molar-refractivity contribution in [3.8, 4) is 0 Å². The van der Waals surface area contributed by atoms with Crippen LogP contribution in [0.15, 0.2) is 6.20 Å². The highest BCUT2D eigenvalue weighted by Crippen LogP contribution is 2.19. The number of hydrazine groups is 1. The Morgan fingerprint density at radius 1 is 1.25 bits per heavy atom. The maximum atomic E-state index is 11.6. The zero-order valence-electron chi connectivity index (χ0n) is 12.5. The van der Waals surface area contributed by atoms with Gasteiger partial charge in [0.05, 0.1) is 5.69 Å². The molecule has 0 aliphatic rings. The van der Waals surface area contributed by atoms with Crippen LogP contribution < -0.4 is 10.9 Å². The summed E-state index contributed by atoms with van der Waals surface area (Å²) in [5, 5.41) is 8.01. The van der Waals surface area contributed by atoms with Gasteiger partial charge in [0.25, 0.3) is 5.91 Å². The van der Waals surface area contributed by atoms with Gasteiger partial charge in [-0.2, -0.15) is 0 Å². The summed E-state index contributed by atoms with van der Waals surface area (Å²) in [7, 11) is 0. The zero-order valence-corrected chi connectivity index (χ0v) is 12.5. The van der Waals surface area contributed by atoms with Crippen molar-refractivity contribution in [3.05, 3.63) is 11.9 Å². The molecule has 1 aromatic rings. The summed E-state index contributed by atoms with van der Waals surface area (Å²) in [5.74, 6) is -0.370. The number of aromatic nitrogens is 3. The van der Waals surface area contributed by atoms with Crippen molar-refractivity contribution in [3.63, 3.8) is 0 Å². The molecule has 0 aliphatic carbocycles. The Bertz CT molecular complexity index is 451. The van der Waals surface area contributed by atoms with Gasteiger partial charge in [-0.05, 0) is 12.8 Å². The molecule has 0 unspecified atom stereocenters. The molecule has 0 atom stereocenters. The quantitative estimate of drug-likeness (QED) is 0.761. The Hall–Kier alpha value is -1.92.